The van der Waals surface area contributed by atoms with Gasteiger partial charge in [0.25, 0.3) is 5.56 Å². The highest BCUT2D eigenvalue weighted by Gasteiger charge is 2.20. The first kappa shape index (κ1) is 19.4. The predicted molar refractivity (Wildman–Crippen MR) is 112 cm³/mol. The second-order valence-corrected chi connectivity index (χ2v) is 6.74. The van der Waals surface area contributed by atoms with Crippen molar-refractivity contribution in [2.24, 2.45) is 0 Å². The van der Waals surface area contributed by atoms with Crippen LogP contribution in [0.5, 0.6) is 5.75 Å². The van der Waals surface area contributed by atoms with Gasteiger partial charge < -0.3 is 10.1 Å². The molecule has 8 heteroatoms. The van der Waals surface area contributed by atoms with Gasteiger partial charge in [0.15, 0.2) is 5.82 Å². The summed E-state index contributed by atoms with van der Waals surface area (Å²) in [5.74, 6) is 1.00. The van der Waals surface area contributed by atoms with E-state index < -0.39 is 0 Å². The van der Waals surface area contributed by atoms with Crippen molar-refractivity contribution < 1.29 is 9.53 Å². The lowest BCUT2D eigenvalue weighted by atomic mass is 9.96. The number of benzene rings is 2. The first-order chi connectivity index (χ1) is 14.6. The minimum absolute atomic E-state index is 0.128. The summed E-state index contributed by atoms with van der Waals surface area (Å²) < 4.78 is 7.07. The second kappa shape index (κ2) is 8.60. The van der Waals surface area contributed by atoms with Crippen LogP contribution in [0.1, 0.15) is 30.7 Å². The fourth-order valence-electron chi connectivity index (χ4n) is 3.22. The van der Waals surface area contributed by atoms with Gasteiger partial charge in [-0.2, -0.15) is 9.50 Å². The number of ether oxygens (including phenoxy) is 1. The van der Waals surface area contributed by atoms with Gasteiger partial charge in [-0.1, -0.05) is 55.5 Å². The molecule has 0 aliphatic carbocycles. The molecule has 2 aromatic carbocycles. The monoisotopic (exact) mass is 403 g/mol. The zero-order valence-electron chi connectivity index (χ0n) is 16.4. The van der Waals surface area contributed by atoms with Crippen LogP contribution in [-0.2, 0) is 11.4 Å². The third kappa shape index (κ3) is 4.22. The van der Waals surface area contributed by atoms with Crippen molar-refractivity contribution in [1.82, 2.24) is 19.6 Å². The quantitative estimate of drug-likeness (QED) is 0.494. The van der Waals surface area contributed by atoms with Gasteiger partial charge in [-0.05, 0) is 24.1 Å². The summed E-state index contributed by atoms with van der Waals surface area (Å²) in [5.41, 5.74) is 0.530. The van der Waals surface area contributed by atoms with Crippen molar-refractivity contribution in [2.75, 3.05) is 5.32 Å². The Morgan fingerprint density at radius 2 is 1.83 bits per heavy atom. The Hall–Kier alpha value is -3.94. The molecule has 0 spiro atoms. The molecule has 2 N–H and O–H groups in total. The summed E-state index contributed by atoms with van der Waals surface area (Å²) in [6, 6.07) is 20.1. The van der Waals surface area contributed by atoms with E-state index in [1.807, 2.05) is 67.6 Å². The van der Waals surface area contributed by atoms with E-state index in [0.717, 1.165) is 5.56 Å². The molecule has 0 saturated heterocycles. The number of para-hydroxylation sites is 1. The van der Waals surface area contributed by atoms with Crippen molar-refractivity contribution >= 4 is 17.5 Å². The standard InChI is InChI=1S/C22H21N5O3/c1-2-17(15-9-5-3-6-10-15)21(29)24-19-13-20(28)25-22-23-18(26-27(19)22)14-30-16-11-7-4-8-12-16/h3-13,17H,2,14H2,1H3,(H,24,29)(H,23,25,26,28). The molecule has 4 rings (SSSR count). The zero-order valence-corrected chi connectivity index (χ0v) is 16.4. The third-order valence-corrected chi connectivity index (χ3v) is 4.67. The summed E-state index contributed by atoms with van der Waals surface area (Å²) in [6.07, 6.45) is 0.621. The van der Waals surface area contributed by atoms with Gasteiger partial charge in [0.2, 0.25) is 11.7 Å². The highest BCUT2D eigenvalue weighted by Crippen LogP contribution is 2.21. The van der Waals surface area contributed by atoms with Crippen LogP contribution >= 0.6 is 0 Å². The number of aromatic nitrogens is 4. The maximum atomic E-state index is 12.9. The Morgan fingerprint density at radius 3 is 2.53 bits per heavy atom. The summed E-state index contributed by atoms with van der Waals surface area (Å²) in [6.45, 7) is 2.07. The Labute approximate surface area is 172 Å². The van der Waals surface area contributed by atoms with Gasteiger partial charge in [-0.15, -0.1) is 5.10 Å². The normalized spacial score (nSPS) is 11.9. The molecule has 1 unspecified atom stereocenters. The number of nitrogens with zero attached hydrogens (tertiary/aromatic N) is 3. The van der Waals surface area contributed by atoms with Crippen molar-refractivity contribution in [3.8, 4) is 5.75 Å². The van der Waals surface area contributed by atoms with E-state index in [-0.39, 0.29) is 35.6 Å². The SMILES string of the molecule is CCC(C(=O)Nc1cc(=O)[nH]c2nc(COc3ccccc3)nn12)c1ccccc1. The lowest BCUT2D eigenvalue weighted by Crippen LogP contribution is -2.24. The number of H-pyrrole nitrogens is 1. The highest BCUT2D eigenvalue weighted by molar-refractivity contribution is 5.95. The van der Waals surface area contributed by atoms with Crippen molar-refractivity contribution in [2.45, 2.75) is 25.9 Å². The van der Waals surface area contributed by atoms with Crippen LogP contribution in [0.2, 0.25) is 0 Å². The van der Waals surface area contributed by atoms with Crippen LogP contribution in [0, 0.1) is 0 Å². The Morgan fingerprint density at radius 1 is 1.13 bits per heavy atom. The number of aromatic amines is 1. The van der Waals surface area contributed by atoms with Crippen molar-refractivity contribution in [1.29, 1.82) is 0 Å². The van der Waals surface area contributed by atoms with Gasteiger partial charge in [-0.3, -0.25) is 14.6 Å². The molecule has 0 fully saturated rings. The Kier molecular flexibility index (Phi) is 5.56. The third-order valence-electron chi connectivity index (χ3n) is 4.67. The van der Waals surface area contributed by atoms with E-state index in [0.29, 0.717) is 18.0 Å². The number of nitrogens with one attached hydrogen (secondary N) is 2. The maximum absolute atomic E-state index is 12.9. The first-order valence-corrected chi connectivity index (χ1v) is 9.66. The predicted octanol–water partition coefficient (Wildman–Crippen LogP) is 3.13. The average molecular weight is 403 g/mol. The summed E-state index contributed by atoms with van der Waals surface area (Å²) in [5, 5.41) is 7.20. The minimum atomic E-state index is -0.381. The molecule has 2 aromatic heterocycles. The number of rotatable bonds is 7. The topological polar surface area (TPSA) is 101 Å². The molecule has 0 radical (unpaired) electrons. The van der Waals surface area contributed by atoms with Gasteiger partial charge in [0, 0.05) is 6.07 Å². The number of hydrogen-bond donors (Lipinski definition) is 2. The van der Waals surface area contributed by atoms with E-state index in [2.05, 4.69) is 20.4 Å². The Bertz CT molecular complexity index is 1200. The molecule has 0 saturated carbocycles. The second-order valence-electron chi connectivity index (χ2n) is 6.74. The highest BCUT2D eigenvalue weighted by atomic mass is 16.5. The lowest BCUT2D eigenvalue weighted by molar-refractivity contribution is -0.117. The van der Waals surface area contributed by atoms with Crippen LogP contribution < -0.4 is 15.6 Å². The molecule has 1 amide bonds. The number of amides is 1. The van der Waals surface area contributed by atoms with Gasteiger partial charge in [0.05, 0.1) is 5.92 Å². The number of carbonyl (C=O) groups excluding carboxylic acids is 1. The fourth-order valence-corrected chi connectivity index (χ4v) is 3.22. The molecule has 0 aliphatic heterocycles. The molecule has 2 heterocycles. The largest absolute Gasteiger partial charge is 0.486 e. The van der Waals surface area contributed by atoms with Gasteiger partial charge >= 0.3 is 0 Å². The minimum Gasteiger partial charge on any atom is -0.486 e. The van der Waals surface area contributed by atoms with Crippen LogP contribution in [-0.4, -0.2) is 25.5 Å². The molecule has 4 aromatic rings. The number of fused-ring (bicyclic) bond motifs is 1. The lowest BCUT2D eigenvalue weighted by Gasteiger charge is -2.15. The van der Waals surface area contributed by atoms with Crippen LogP contribution in [0.3, 0.4) is 0 Å². The average Bonchev–Trinajstić information content (AvgIpc) is 3.17. The maximum Gasteiger partial charge on any atom is 0.254 e. The molecule has 1 atom stereocenters. The molecule has 30 heavy (non-hydrogen) atoms. The molecule has 0 bridgehead atoms. The fraction of sp³-hybridized carbons (Fsp3) is 0.182. The number of carbonyl (C=O) groups is 1. The van der Waals surface area contributed by atoms with Crippen molar-refractivity contribution in [3.05, 3.63) is 88.5 Å². The van der Waals surface area contributed by atoms with E-state index in [1.54, 1.807) is 0 Å². The molecular weight excluding hydrogens is 382 g/mol. The molecular formula is C22H21N5O3. The van der Waals surface area contributed by atoms with Gasteiger partial charge in [0.1, 0.15) is 18.2 Å². The van der Waals surface area contributed by atoms with Gasteiger partial charge in [-0.25, -0.2) is 0 Å². The van der Waals surface area contributed by atoms with E-state index >= 15 is 0 Å². The first-order valence-electron chi connectivity index (χ1n) is 9.66. The van der Waals surface area contributed by atoms with E-state index in [9.17, 15) is 9.59 Å². The summed E-state index contributed by atoms with van der Waals surface area (Å²) in [4.78, 5) is 31.9. The van der Waals surface area contributed by atoms with Crippen LogP contribution in [0.4, 0.5) is 5.82 Å². The smallest absolute Gasteiger partial charge is 0.254 e. The number of anilines is 1. The number of hydrogen-bond acceptors (Lipinski definition) is 5. The van der Waals surface area contributed by atoms with Crippen LogP contribution in [0.15, 0.2) is 71.5 Å². The van der Waals surface area contributed by atoms with Crippen molar-refractivity contribution in [3.63, 3.8) is 0 Å². The molecule has 0 aliphatic rings. The molecule has 8 nitrogen and oxygen atoms in total. The molecule has 152 valence electrons. The van der Waals surface area contributed by atoms with E-state index in [1.165, 1.54) is 10.6 Å². The Balaban J connectivity index is 1.58. The van der Waals surface area contributed by atoms with E-state index in [4.69, 9.17) is 4.74 Å². The zero-order chi connectivity index (χ0) is 20.9. The summed E-state index contributed by atoms with van der Waals surface area (Å²) >= 11 is 0. The summed E-state index contributed by atoms with van der Waals surface area (Å²) in [7, 11) is 0. The van der Waals surface area contributed by atoms with Crippen LogP contribution in [0.25, 0.3) is 5.78 Å².